The minimum atomic E-state index is -1.38. The molecule has 7 atom stereocenters. The van der Waals surface area contributed by atoms with Gasteiger partial charge in [0, 0.05) is 25.0 Å². The summed E-state index contributed by atoms with van der Waals surface area (Å²) in [5.74, 6) is -3.54. The van der Waals surface area contributed by atoms with Crippen LogP contribution in [0.1, 0.15) is 72.5 Å². The molecule has 2 fully saturated rings. The van der Waals surface area contributed by atoms with Crippen molar-refractivity contribution in [2.75, 3.05) is 19.7 Å². The molecule has 0 saturated carbocycles. The monoisotopic (exact) mass is 621 g/mol. The van der Waals surface area contributed by atoms with Crippen LogP contribution in [0.3, 0.4) is 0 Å². The molecule has 5 rings (SSSR count). The van der Waals surface area contributed by atoms with Gasteiger partial charge in [-0.2, -0.15) is 0 Å². The van der Waals surface area contributed by atoms with Crippen molar-refractivity contribution in [3.63, 3.8) is 0 Å². The summed E-state index contributed by atoms with van der Waals surface area (Å²) in [7, 11) is 0. The molecule has 1 aromatic rings. The van der Waals surface area contributed by atoms with Crippen LogP contribution in [0.2, 0.25) is 0 Å². The lowest BCUT2D eigenvalue weighted by Crippen LogP contribution is -2.61. The van der Waals surface area contributed by atoms with Gasteiger partial charge in [0.1, 0.15) is 23.7 Å². The number of benzene rings is 1. The number of β-amino-alcohol motifs (C(OH)–C–C–N with tert-alkyl or cyclic N) is 1. The molecule has 0 aromatic heterocycles. The Hall–Kier alpha value is -3.50. The summed E-state index contributed by atoms with van der Waals surface area (Å²) in [5.41, 5.74) is -1.41. The summed E-state index contributed by atoms with van der Waals surface area (Å²) in [6.45, 7) is 12.0. The average Bonchev–Trinajstić information content (AvgIpc) is 3.59. The van der Waals surface area contributed by atoms with Gasteiger partial charge in [0.25, 0.3) is 0 Å². The number of likely N-dealkylation sites (tertiary alicyclic amines) is 1. The van der Waals surface area contributed by atoms with E-state index in [9.17, 15) is 24.3 Å². The van der Waals surface area contributed by atoms with E-state index in [2.05, 4.69) is 26.1 Å². The van der Waals surface area contributed by atoms with Crippen molar-refractivity contribution < 1.29 is 33.8 Å². The molecule has 0 unspecified atom stereocenters. The quantitative estimate of drug-likeness (QED) is 0.382. The first-order chi connectivity index (χ1) is 21.2. The van der Waals surface area contributed by atoms with Gasteiger partial charge in [0.15, 0.2) is 0 Å². The number of ether oxygens (including phenoxy) is 2. The van der Waals surface area contributed by atoms with Gasteiger partial charge in [-0.1, -0.05) is 75.4 Å². The van der Waals surface area contributed by atoms with Gasteiger partial charge in [0.05, 0.1) is 24.7 Å². The molecular formula is C35H47N3O7. The van der Waals surface area contributed by atoms with Crippen molar-refractivity contribution >= 4 is 23.7 Å². The highest BCUT2D eigenvalue weighted by atomic mass is 16.6. The molecule has 3 amide bonds. The van der Waals surface area contributed by atoms with Crippen molar-refractivity contribution in [1.29, 1.82) is 0 Å². The number of nitrogens with zero attached hydrogens (tertiary/aromatic N) is 2. The van der Waals surface area contributed by atoms with Crippen molar-refractivity contribution in [2.24, 2.45) is 17.3 Å². The minimum absolute atomic E-state index is 0.0732. The predicted octanol–water partition coefficient (Wildman–Crippen LogP) is 3.31. The van der Waals surface area contributed by atoms with E-state index in [1.807, 2.05) is 56.3 Å². The molecule has 4 heterocycles. The second-order valence-corrected chi connectivity index (χ2v) is 14.6. The summed E-state index contributed by atoms with van der Waals surface area (Å²) < 4.78 is 12.7. The third kappa shape index (κ3) is 6.19. The molecule has 2 saturated heterocycles. The lowest BCUT2D eigenvalue weighted by Gasteiger charge is -2.45. The molecule has 45 heavy (non-hydrogen) atoms. The SMILES string of the molecule is C[C@H]1NC(=O)CC/C=C\CN(C(C)(C)CC(C)(C)C)C(=O)[C@@H]2N(CCO)C(=O)[C@H]3[C@H](C(=O)O[C@@H]1c1ccccc1)[C@@H]1C=C[C@]23O1. The predicted molar refractivity (Wildman–Crippen MR) is 167 cm³/mol. The number of carbonyl (C=O) groups is 4. The molecule has 4 aliphatic heterocycles. The highest BCUT2D eigenvalue weighted by Gasteiger charge is 2.73. The van der Waals surface area contributed by atoms with Crippen LogP contribution in [0.25, 0.3) is 0 Å². The van der Waals surface area contributed by atoms with Crippen molar-refractivity contribution in [3.05, 3.63) is 60.2 Å². The number of hydrogen-bond acceptors (Lipinski definition) is 7. The van der Waals surface area contributed by atoms with Crippen LogP contribution >= 0.6 is 0 Å². The van der Waals surface area contributed by atoms with E-state index in [1.54, 1.807) is 24.0 Å². The van der Waals surface area contributed by atoms with Crippen LogP contribution in [0.15, 0.2) is 54.6 Å². The maximum absolute atomic E-state index is 14.8. The lowest BCUT2D eigenvalue weighted by atomic mass is 9.74. The number of carbonyl (C=O) groups excluding carboxylic acids is 4. The fourth-order valence-electron chi connectivity index (χ4n) is 7.96. The summed E-state index contributed by atoms with van der Waals surface area (Å²) >= 11 is 0. The molecule has 1 spiro atoms. The Morgan fingerprint density at radius 3 is 2.40 bits per heavy atom. The van der Waals surface area contributed by atoms with E-state index in [0.717, 1.165) is 0 Å². The molecule has 2 N–H and O–H groups in total. The number of cyclic esters (lactones) is 1. The number of rotatable bonds is 5. The van der Waals surface area contributed by atoms with Gasteiger partial charge in [0.2, 0.25) is 17.7 Å². The first kappa shape index (κ1) is 32.9. The van der Waals surface area contributed by atoms with Crippen molar-refractivity contribution in [3.8, 4) is 0 Å². The third-order valence-electron chi connectivity index (χ3n) is 9.39. The number of nitrogens with one attached hydrogen (secondary N) is 1. The second kappa shape index (κ2) is 12.4. The lowest BCUT2D eigenvalue weighted by molar-refractivity contribution is -0.161. The highest BCUT2D eigenvalue weighted by Crippen LogP contribution is 2.56. The molecule has 4 aliphatic rings. The number of amides is 3. The largest absolute Gasteiger partial charge is 0.455 e. The number of aliphatic hydroxyl groups excluding tert-OH is 1. The topological polar surface area (TPSA) is 125 Å². The molecule has 5 bridgehead atoms. The normalized spacial score (nSPS) is 33.3. The number of allylic oxidation sites excluding steroid dienone is 1. The van der Waals surface area contributed by atoms with E-state index in [4.69, 9.17) is 9.47 Å². The van der Waals surface area contributed by atoms with Gasteiger partial charge in [-0.3, -0.25) is 19.2 Å². The fraction of sp³-hybridized carbons (Fsp3) is 0.600. The highest BCUT2D eigenvalue weighted by molar-refractivity contribution is 5.99. The van der Waals surface area contributed by atoms with E-state index in [1.165, 1.54) is 4.90 Å². The first-order valence-electron chi connectivity index (χ1n) is 16.0. The Labute approximate surface area is 265 Å². The van der Waals surface area contributed by atoms with Crippen molar-refractivity contribution in [1.82, 2.24) is 15.1 Å². The zero-order chi connectivity index (χ0) is 32.7. The molecule has 10 heteroatoms. The maximum Gasteiger partial charge on any atom is 0.313 e. The molecule has 244 valence electrons. The summed E-state index contributed by atoms with van der Waals surface area (Å²) in [5, 5.41) is 13.0. The van der Waals surface area contributed by atoms with Crippen LogP contribution in [-0.4, -0.2) is 87.6 Å². The van der Waals surface area contributed by atoms with E-state index >= 15 is 0 Å². The van der Waals surface area contributed by atoms with Crippen LogP contribution < -0.4 is 5.32 Å². The van der Waals surface area contributed by atoms with Crippen molar-refractivity contribution in [2.45, 2.75) is 96.2 Å². The zero-order valence-electron chi connectivity index (χ0n) is 27.2. The van der Waals surface area contributed by atoms with Gasteiger partial charge >= 0.3 is 5.97 Å². The number of fused-ring (bicyclic) bond motifs is 2. The minimum Gasteiger partial charge on any atom is -0.455 e. The fourth-order valence-corrected chi connectivity index (χ4v) is 7.96. The maximum atomic E-state index is 14.8. The van der Waals surface area contributed by atoms with Gasteiger partial charge in [-0.05, 0) is 44.6 Å². The molecular weight excluding hydrogens is 574 g/mol. The van der Waals surface area contributed by atoms with E-state index in [0.29, 0.717) is 18.4 Å². The van der Waals surface area contributed by atoms with Crippen LogP contribution in [-0.2, 0) is 28.7 Å². The van der Waals surface area contributed by atoms with Gasteiger partial charge < -0.3 is 29.7 Å². The van der Waals surface area contributed by atoms with Crippen LogP contribution in [0, 0.1) is 17.3 Å². The molecule has 0 radical (unpaired) electrons. The Kier molecular flexibility index (Phi) is 9.03. The van der Waals surface area contributed by atoms with E-state index < -0.39 is 59.1 Å². The van der Waals surface area contributed by atoms with Gasteiger partial charge in [-0.15, -0.1) is 0 Å². The van der Waals surface area contributed by atoms with Crippen LogP contribution in [0.5, 0.6) is 0 Å². The Morgan fingerprint density at radius 1 is 1.02 bits per heavy atom. The Balaban J connectivity index is 1.60. The first-order valence-corrected chi connectivity index (χ1v) is 16.0. The smallest absolute Gasteiger partial charge is 0.313 e. The summed E-state index contributed by atoms with van der Waals surface area (Å²) in [4.78, 5) is 59.2. The Bertz CT molecular complexity index is 1370. The standard InChI is InChI=1S/C35H47N3O7/c1-22-28(23-13-9-7-10-14-23)44-32(43)26-24-16-17-35(45-24)27(26)30(41)37(19-20-39)29(35)31(42)38(34(5,6)21-33(2,3)4)18-12-8-11-15-25(40)36-22/h7-10,12-14,16-17,22,24,26-29,39H,11,15,18-21H2,1-6H3,(H,36,40)/b12-8-/t22-,24+,26-,27-,28+,29+,35-/m1/s1. The summed E-state index contributed by atoms with van der Waals surface area (Å²) in [6, 6.07) is 7.55. The number of hydrogen-bond donors (Lipinski definition) is 2. The molecule has 1 aromatic carbocycles. The zero-order valence-corrected chi connectivity index (χ0v) is 27.2. The van der Waals surface area contributed by atoms with E-state index in [-0.39, 0.29) is 43.3 Å². The average molecular weight is 622 g/mol. The van der Waals surface area contributed by atoms with Crippen LogP contribution in [0.4, 0.5) is 0 Å². The van der Waals surface area contributed by atoms with Gasteiger partial charge in [-0.25, -0.2) is 0 Å². The number of aliphatic hydroxyl groups is 1. The molecule has 10 nitrogen and oxygen atoms in total. The second-order valence-electron chi connectivity index (χ2n) is 14.6. The summed E-state index contributed by atoms with van der Waals surface area (Å²) in [6.07, 6.45) is 7.08. The number of esters is 1. The Morgan fingerprint density at radius 2 is 1.73 bits per heavy atom. The third-order valence-corrected chi connectivity index (χ3v) is 9.39. The molecule has 0 aliphatic carbocycles.